The summed E-state index contributed by atoms with van der Waals surface area (Å²) in [5, 5.41) is 9.33. The Balaban J connectivity index is 3.84. The average Bonchev–Trinajstić information content (AvgIpc) is 2.35. The molecule has 0 aliphatic rings. The summed E-state index contributed by atoms with van der Waals surface area (Å²) in [4.78, 5) is 11.2. The molecule has 0 aromatic carbocycles. The molecule has 0 spiro atoms. The molecule has 0 heterocycles. The highest BCUT2D eigenvalue weighted by atomic mass is 35.5. The SMILES string of the molecule is C#CC=CCC(O)C(Cl)CC=CCC(=O)CCC. The minimum Gasteiger partial charge on any atom is -0.391 e. The summed E-state index contributed by atoms with van der Waals surface area (Å²) in [5.74, 6) is 2.59. The van der Waals surface area contributed by atoms with Gasteiger partial charge >= 0.3 is 0 Å². The maximum atomic E-state index is 11.2. The third-order valence-corrected chi connectivity index (χ3v) is 2.88. The molecule has 1 N–H and O–H groups in total. The number of Topliss-reactive ketones (excluding diaryl/α,β-unsaturated/α-hetero) is 1. The molecular formula is C15H21ClO2. The number of alkyl halides is 1. The first-order valence-electron chi connectivity index (χ1n) is 6.21. The van der Waals surface area contributed by atoms with Gasteiger partial charge in [0.25, 0.3) is 0 Å². The first-order chi connectivity index (χ1) is 8.61. The van der Waals surface area contributed by atoms with E-state index >= 15 is 0 Å². The molecule has 0 amide bonds. The summed E-state index contributed by atoms with van der Waals surface area (Å²) >= 11 is 6.01. The van der Waals surface area contributed by atoms with Crippen LogP contribution < -0.4 is 0 Å². The van der Waals surface area contributed by atoms with Gasteiger partial charge in [-0.25, -0.2) is 0 Å². The second kappa shape index (κ2) is 11.1. The molecule has 2 atom stereocenters. The Bertz CT molecular complexity index is 326. The zero-order valence-corrected chi connectivity index (χ0v) is 11.6. The van der Waals surface area contributed by atoms with E-state index in [2.05, 4.69) is 5.92 Å². The molecule has 0 aliphatic heterocycles. The average molecular weight is 269 g/mol. The molecule has 0 saturated carbocycles. The summed E-state index contributed by atoms with van der Waals surface area (Å²) in [5.41, 5.74) is 0. The van der Waals surface area contributed by atoms with Gasteiger partial charge in [0.05, 0.1) is 11.5 Å². The van der Waals surface area contributed by atoms with E-state index in [1.807, 2.05) is 19.1 Å². The highest BCUT2D eigenvalue weighted by molar-refractivity contribution is 6.21. The third-order valence-electron chi connectivity index (χ3n) is 2.41. The number of ketones is 1. The van der Waals surface area contributed by atoms with Crippen molar-refractivity contribution in [1.82, 2.24) is 0 Å². The summed E-state index contributed by atoms with van der Waals surface area (Å²) in [6, 6.07) is 0. The van der Waals surface area contributed by atoms with Crippen LogP contribution in [0.25, 0.3) is 0 Å². The molecule has 100 valence electrons. The monoisotopic (exact) mass is 268 g/mol. The number of hydrogen-bond acceptors (Lipinski definition) is 2. The van der Waals surface area contributed by atoms with E-state index < -0.39 is 6.10 Å². The predicted octanol–water partition coefficient (Wildman–Crippen LogP) is 3.24. The Kier molecular flexibility index (Phi) is 10.4. The van der Waals surface area contributed by atoms with Crippen molar-refractivity contribution < 1.29 is 9.90 Å². The molecule has 0 aliphatic carbocycles. The summed E-state index contributed by atoms with van der Waals surface area (Å²) in [7, 11) is 0. The lowest BCUT2D eigenvalue weighted by Gasteiger charge is -2.12. The number of hydrogen-bond donors (Lipinski definition) is 1. The van der Waals surface area contributed by atoms with E-state index in [1.165, 1.54) is 0 Å². The number of aliphatic hydroxyl groups is 1. The fraction of sp³-hybridized carbons (Fsp3) is 0.533. The lowest BCUT2D eigenvalue weighted by Crippen LogP contribution is -2.19. The number of carbonyl (C=O) groups excluding carboxylic acids is 1. The van der Waals surface area contributed by atoms with Crippen molar-refractivity contribution in [2.75, 3.05) is 0 Å². The number of carbonyl (C=O) groups is 1. The van der Waals surface area contributed by atoms with Gasteiger partial charge in [-0.15, -0.1) is 18.0 Å². The van der Waals surface area contributed by atoms with Crippen molar-refractivity contribution in [1.29, 1.82) is 0 Å². The Labute approximate surface area is 115 Å². The zero-order valence-electron chi connectivity index (χ0n) is 10.8. The van der Waals surface area contributed by atoms with Crippen molar-refractivity contribution in [3.05, 3.63) is 24.3 Å². The third kappa shape index (κ3) is 9.04. The molecule has 2 nitrogen and oxygen atoms in total. The number of terminal acetylenes is 1. The fourth-order valence-corrected chi connectivity index (χ4v) is 1.61. The van der Waals surface area contributed by atoms with Gasteiger partial charge in [-0.05, 0) is 25.3 Å². The first-order valence-corrected chi connectivity index (χ1v) is 6.65. The van der Waals surface area contributed by atoms with Crippen LogP contribution in [0.1, 0.15) is 39.0 Å². The Morgan fingerprint density at radius 1 is 1.39 bits per heavy atom. The van der Waals surface area contributed by atoms with Crippen LogP contribution in [0.5, 0.6) is 0 Å². The second-order valence-electron chi connectivity index (χ2n) is 4.09. The van der Waals surface area contributed by atoms with Crippen molar-refractivity contribution in [2.24, 2.45) is 0 Å². The van der Waals surface area contributed by atoms with E-state index in [0.29, 0.717) is 25.7 Å². The van der Waals surface area contributed by atoms with Crippen molar-refractivity contribution in [3.8, 4) is 12.3 Å². The largest absolute Gasteiger partial charge is 0.391 e. The second-order valence-corrected chi connectivity index (χ2v) is 4.65. The minimum absolute atomic E-state index is 0.234. The fourth-order valence-electron chi connectivity index (χ4n) is 1.40. The van der Waals surface area contributed by atoms with E-state index in [9.17, 15) is 9.90 Å². The molecule has 0 rings (SSSR count). The minimum atomic E-state index is -0.618. The van der Waals surface area contributed by atoms with Crippen LogP contribution >= 0.6 is 11.6 Å². The Morgan fingerprint density at radius 2 is 2.11 bits per heavy atom. The van der Waals surface area contributed by atoms with E-state index in [-0.39, 0.29) is 11.2 Å². The zero-order chi connectivity index (χ0) is 13.8. The molecular weight excluding hydrogens is 248 g/mol. The quantitative estimate of drug-likeness (QED) is 0.396. The van der Waals surface area contributed by atoms with Crippen LogP contribution in [0.3, 0.4) is 0 Å². The van der Waals surface area contributed by atoms with Gasteiger partial charge in [-0.3, -0.25) is 4.79 Å². The van der Waals surface area contributed by atoms with Crippen molar-refractivity contribution in [3.63, 3.8) is 0 Å². The molecule has 0 fully saturated rings. The van der Waals surface area contributed by atoms with Crippen LogP contribution in [0.2, 0.25) is 0 Å². The first kappa shape index (κ1) is 17.0. The molecule has 0 aromatic rings. The number of allylic oxidation sites excluding steroid dienone is 3. The number of rotatable bonds is 9. The van der Waals surface area contributed by atoms with Crippen LogP contribution in [0.4, 0.5) is 0 Å². The summed E-state index contributed by atoms with van der Waals surface area (Å²) in [6.45, 7) is 1.98. The Hall–Kier alpha value is -1.04. The van der Waals surface area contributed by atoms with Gasteiger partial charge in [0.15, 0.2) is 0 Å². The van der Waals surface area contributed by atoms with E-state index in [1.54, 1.807) is 12.2 Å². The van der Waals surface area contributed by atoms with Gasteiger partial charge < -0.3 is 5.11 Å². The molecule has 3 heteroatoms. The molecule has 0 bridgehead atoms. The van der Waals surface area contributed by atoms with Gasteiger partial charge in [0, 0.05) is 12.8 Å². The molecule has 0 saturated heterocycles. The van der Waals surface area contributed by atoms with Crippen LogP contribution in [0, 0.1) is 12.3 Å². The van der Waals surface area contributed by atoms with Gasteiger partial charge in [-0.1, -0.05) is 31.1 Å². The topological polar surface area (TPSA) is 37.3 Å². The molecule has 2 unspecified atom stereocenters. The highest BCUT2D eigenvalue weighted by Crippen LogP contribution is 2.12. The molecule has 18 heavy (non-hydrogen) atoms. The van der Waals surface area contributed by atoms with Crippen LogP contribution in [-0.2, 0) is 4.79 Å². The smallest absolute Gasteiger partial charge is 0.136 e. The van der Waals surface area contributed by atoms with Gasteiger partial charge in [0.2, 0.25) is 0 Å². The Morgan fingerprint density at radius 3 is 2.72 bits per heavy atom. The maximum Gasteiger partial charge on any atom is 0.136 e. The lowest BCUT2D eigenvalue weighted by atomic mass is 10.1. The number of aliphatic hydroxyl groups excluding tert-OH is 1. The maximum absolute atomic E-state index is 11.2. The van der Waals surface area contributed by atoms with Crippen molar-refractivity contribution >= 4 is 17.4 Å². The number of halogens is 1. The summed E-state index contributed by atoms with van der Waals surface area (Å²) < 4.78 is 0. The normalized spacial score (nSPS) is 14.8. The standard InChI is InChI=1S/C15H21ClO2/c1-3-5-6-12-15(18)14(16)11-8-7-10-13(17)9-4-2/h1,5-8,14-15,18H,4,9-12H2,2H3. The predicted molar refractivity (Wildman–Crippen MR) is 76.5 cm³/mol. The molecule has 0 radical (unpaired) electrons. The van der Waals surface area contributed by atoms with Gasteiger partial charge in [0.1, 0.15) is 5.78 Å². The van der Waals surface area contributed by atoms with E-state index in [4.69, 9.17) is 18.0 Å². The van der Waals surface area contributed by atoms with Gasteiger partial charge in [-0.2, -0.15) is 0 Å². The summed E-state index contributed by atoms with van der Waals surface area (Å²) in [6.07, 6.45) is 14.3. The van der Waals surface area contributed by atoms with Crippen molar-refractivity contribution in [2.45, 2.75) is 50.5 Å². The lowest BCUT2D eigenvalue weighted by molar-refractivity contribution is -0.118. The van der Waals surface area contributed by atoms with Crippen LogP contribution in [-0.4, -0.2) is 22.4 Å². The molecule has 0 aromatic heterocycles. The highest BCUT2D eigenvalue weighted by Gasteiger charge is 2.13. The van der Waals surface area contributed by atoms with Crippen LogP contribution in [0.15, 0.2) is 24.3 Å². The van der Waals surface area contributed by atoms with E-state index in [0.717, 1.165) is 6.42 Å².